The van der Waals surface area contributed by atoms with Crippen LogP contribution in [0.3, 0.4) is 0 Å². The minimum absolute atomic E-state index is 0.370. The third-order valence-electron chi connectivity index (χ3n) is 1.24. The monoisotopic (exact) mass is 155 g/mol. The van der Waals surface area contributed by atoms with Crippen LogP contribution in [-0.2, 0) is 4.79 Å². The van der Waals surface area contributed by atoms with Gasteiger partial charge in [-0.1, -0.05) is 13.8 Å². The zero-order valence-electron chi connectivity index (χ0n) is 6.79. The van der Waals surface area contributed by atoms with Crippen molar-refractivity contribution in [2.75, 3.05) is 0 Å². The summed E-state index contributed by atoms with van der Waals surface area (Å²) in [5, 5.41) is 10.1. The molecule has 1 amide bonds. The minimum atomic E-state index is -0.561. The highest BCUT2D eigenvalue weighted by Gasteiger charge is 2.13. The largest absolute Gasteiger partial charge is 0.320 e. The lowest BCUT2D eigenvalue weighted by molar-refractivity contribution is -0.121. The average Bonchev–Trinajstić information content (AvgIpc) is 1.86. The molecule has 0 heterocycles. The molecular formula is C7H13N3O. The highest BCUT2D eigenvalue weighted by molar-refractivity contribution is 5.82. The predicted octanol–water partition coefficient (Wildman–Crippen LogP) is -0.0429. The molecule has 0 aliphatic heterocycles. The molecule has 1 atom stereocenters. The van der Waals surface area contributed by atoms with Gasteiger partial charge in [-0.25, -0.2) is 0 Å². The topological polar surface area (TPSA) is 78.9 Å². The van der Waals surface area contributed by atoms with E-state index in [0.717, 1.165) is 0 Å². The number of carbonyl (C=O) groups is 1. The molecule has 0 bridgehead atoms. The molecule has 0 fully saturated rings. The Kier molecular flexibility index (Phi) is 4.23. The highest BCUT2D eigenvalue weighted by Crippen LogP contribution is 2.01. The molecule has 0 saturated carbocycles. The molecule has 0 rings (SSSR count). The normalized spacial score (nSPS) is 12.3. The highest BCUT2D eigenvalue weighted by atomic mass is 16.2. The van der Waals surface area contributed by atoms with Crippen LogP contribution in [0.15, 0.2) is 0 Å². The van der Waals surface area contributed by atoms with E-state index < -0.39 is 11.9 Å². The summed E-state index contributed by atoms with van der Waals surface area (Å²) in [4.78, 5) is 10.8. The van der Waals surface area contributed by atoms with Crippen molar-refractivity contribution in [3.05, 3.63) is 0 Å². The van der Waals surface area contributed by atoms with Crippen LogP contribution in [0, 0.1) is 17.4 Å². The molecule has 4 heteroatoms. The van der Waals surface area contributed by atoms with Crippen molar-refractivity contribution in [1.82, 2.24) is 5.32 Å². The SMILES string of the molecule is CC(C)CC(N)C(=O)NC#N. The van der Waals surface area contributed by atoms with E-state index in [-0.39, 0.29) is 0 Å². The molecule has 0 saturated heterocycles. The molecule has 1 unspecified atom stereocenters. The maximum atomic E-state index is 10.8. The fourth-order valence-electron chi connectivity index (χ4n) is 0.763. The van der Waals surface area contributed by atoms with Gasteiger partial charge in [0.25, 0.3) is 0 Å². The number of amides is 1. The van der Waals surface area contributed by atoms with Crippen LogP contribution in [0.4, 0.5) is 0 Å². The summed E-state index contributed by atoms with van der Waals surface area (Å²) in [7, 11) is 0. The number of nitriles is 1. The van der Waals surface area contributed by atoms with Gasteiger partial charge in [0.05, 0.1) is 6.04 Å². The van der Waals surface area contributed by atoms with Gasteiger partial charge in [0.15, 0.2) is 6.19 Å². The Labute approximate surface area is 66.4 Å². The number of hydrogen-bond acceptors (Lipinski definition) is 3. The summed E-state index contributed by atoms with van der Waals surface area (Å²) in [6, 6.07) is -0.561. The predicted molar refractivity (Wildman–Crippen MR) is 41.2 cm³/mol. The fraction of sp³-hybridized carbons (Fsp3) is 0.714. The molecule has 0 aromatic carbocycles. The van der Waals surface area contributed by atoms with E-state index in [4.69, 9.17) is 11.0 Å². The Morgan fingerprint density at radius 2 is 2.27 bits per heavy atom. The van der Waals surface area contributed by atoms with Gasteiger partial charge in [-0.2, -0.15) is 5.26 Å². The fourth-order valence-corrected chi connectivity index (χ4v) is 0.763. The van der Waals surface area contributed by atoms with Gasteiger partial charge in [-0.05, 0) is 12.3 Å². The minimum Gasteiger partial charge on any atom is -0.320 e. The van der Waals surface area contributed by atoms with E-state index in [9.17, 15) is 4.79 Å². The van der Waals surface area contributed by atoms with Crippen molar-refractivity contribution in [2.24, 2.45) is 11.7 Å². The Bertz CT molecular complexity index is 171. The zero-order valence-corrected chi connectivity index (χ0v) is 6.79. The third kappa shape index (κ3) is 4.34. The molecular weight excluding hydrogens is 142 g/mol. The lowest BCUT2D eigenvalue weighted by Crippen LogP contribution is -2.39. The molecule has 3 N–H and O–H groups in total. The van der Waals surface area contributed by atoms with Crippen LogP contribution in [0.25, 0.3) is 0 Å². The summed E-state index contributed by atoms with van der Waals surface area (Å²) in [5.74, 6) is -0.0318. The van der Waals surface area contributed by atoms with E-state index in [0.29, 0.717) is 12.3 Å². The maximum absolute atomic E-state index is 10.8. The number of carbonyl (C=O) groups excluding carboxylic acids is 1. The van der Waals surface area contributed by atoms with Crippen LogP contribution >= 0.6 is 0 Å². The molecule has 0 aliphatic carbocycles. The van der Waals surface area contributed by atoms with Crippen molar-refractivity contribution < 1.29 is 4.79 Å². The van der Waals surface area contributed by atoms with Crippen molar-refractivity contribution in [3.8, 4) is 6.19 Å². The first kappa shape index (κ1) is 9.92. The standard InChI is InChI=1S/C7H13N3O/c1-5(2)3-6(9)7(11)10-4-8/h5-6H,3,9H2,1-2H3,(H,10,11). The lowest BCUT2D eigenvalue weighted by Gasteiger charge is -2.10. The summed E-state index contributed by atoms with van der Waals surface area (Å²) >= 11 is 0. The molecule has 0 aromatic rings. The first-order chi connectivity index (χ1) is 5.07. The molecule has 0 aromatic heterocycles. The van der Waals surface area contributed by atoms with Gasteiger partial charge < -0.3 is 5.73 Å². The Morgan fingerprint density at radius 1 is 1.73 bits per heavy atom. The number of nitrogens with one attached hydrogen (secondary N) is 1. The summed E-state index contributed by atoms with van der Waals surface area (Å²) in [6.07, 6.45) is 2.15. The van der Waals surface area contributed by atoms with Crippen molar-refractivity contribution in [1.29, 1.82) is 5.26 Å². The molecule has 0 spiro atoms. The molecule has 0 radical (unpaired) electrons. The quantitative estimate of drug-likeness (QED) is 0.443. The van der Waals surface area contributed by atoms with Gasteiger partial charge >= 0.3 is 0 Å². The molecule has 4 nitrogen and oxygen atoms in total. The summed E-state index contributed by atoms with van der Waals surface area (Å²) < 4.78 is 0. The summed E-state index contributed by atoms with van der Waals surface area (Å²) in [6.45, 7) is 3.94. The lowest BCUT2D eigenvalue weighted by atomic mass is 10.0. The van der Waals surface area contributed by atoms with E-state index in [1.165, 1.54) is 0 Å². The van der Waals surface area contributed by atoms with Gasteiger partial charge in [-0.3, -0.25) is 10.1 Å². The van der Waals surface area contributed by atoms with Crippen LogP contribution < -0.4 is 11.1 Å². The van der Waals surface area contributed by atoms with Gasteiger partial charge in [0.1, 0.15) is 0 Å². The van der Waals surface area contributed by atoms with Gasteiger partial charge in [-0.15, -0.1) is 0 Å². The van der Waals surface area contributed by atoms with Crippen LogP contribution in [0.2, 0.25) is 0 Å². The third-order valence-corrected chi connectivity index (χ3v) is 1.24. The maximum Gasteiger partial charge on any atom is 0.249 e. The van der Waals surface area contributed by atoms with Gasteiger partial charge in [0.2, 0.25) is 5.91 Å². The van der Waals surface area contributed by atoms with Crippen molar-refractivity contribution >= 4 is 5.91 Å². The first-order valence-electron chi connectivity index (χ1n) is 3.52. The second-order valence-electron chi connectivity index (χ2n) is 2.84. The zero-order chi connectivity index (χ0) is 8.85. The van der Waals surface area contributed by atoms with Crippen LogP contribution in [-0.4, -0.2) is 11.9 Å². The van der Waals surface area contributed by atoms with Crippen molar-refractivity contribution in [3.63, 3.8) is 0 Å². The van der Waals surface area contributed by atoms with Crippen LogP contribution in [0.5, 0.6) is 0 Å². The average molecular weight is 155 g/mol. The number of nitrogens with zero attached hydrogens (tertiary/aromatic N) is 1. The smallest absolute Gasteiger partial charge is 0.249 e. The Hall–Kier alpha value is -1.08. The molecule has 62 valence electrons. The van der Waals surface area contributed by atoms with Gasteiger partial charge in [0, 0.05) is 0 Å². The summed E-state index contributed by atoms with van der Waals surface area (Å²) in [5.41, 5.74) is 5.44. The number of nitrogens with two attached hydrogens (primary N) is 1. The number of rotatable bonds is 3. The molecule has 11 heavy (non-hydrogen) atoms. The van der Waals surface area contributed by atoms with Crippen LogP contribution in [0.1, 0.15) is 20.3 Å². The first-order valence-corrected chi connectivity index (χ1v) is 3.52. The second-order valence-corrected chi connectivity index (χ2v) is 2.84. The Balaban J connectivity index is 3.75. The van der Waals surface area contributed by atoms with E-state index in [1.807, 2.05) is 19.2 Å². The number of hydrogen-bond donors (Lipinski definition) is 2. The molecule has 0 aliphatic rings. The van der Waals surface area contributed by atoms with E-state index in [2.05, 4.69) is 0 Å². The van der Waals surface area contributed by atoms with E-state index in [1.54, 1.807) is 6.19 Å². The van der Waals surface area contributed by atoms with Crippen molar-refractivity contribution in [2.45, 2.75) is 26.3 Å². The Morgan fingerprint density at radius 3 is 2.64 bits per heavy atom. The second kappa shape index (κ2) is 4.69. The van der Waals surface area contributed by atoms with E-state index >= 15 is 0 Å².